The minimum absolute atomic E-state index is 0.345. The molecular formula is C7H12O. The molecule has 1 heteroatoms. The van der Waals surface area contributed by atoms with Gasteiger partial charge in [-0.3, -0.25) is 4.79 Å². The van der Waals surface area contributed by atoms with Gasteiger partial charge in [-0.25, -0.2) is 0 Å². The lowest BCUT2D eigenvalue weighted by Crippen LogP contribution is -2.04. The van der Waals surface area contributed by atoms with Gasteiger partial charge in [0.15, 0.2) is 0 Å². The standard InChI is InChI=1S/C7H12O/c1-6(8)7-4-2-3-5-7/h7H,2-5H2,1H3/i2D2,3D2,7D. The second-order valence-electron chi connectivity index (χ2n) is 1.87. The van der Waals surface area contributed by atoms with Crippen LogP contribution >= 0.6 is 0 Å². The zero-order chi connectivity index (χ0) is 10.5. The smallest absolute Gasteiger partial charge is 0.132 e. The number of carbonyl (C=O) groups excluding carboxylic acids is 1. The molecule has 0 aromatic rings. The molecule has 0 radical (unpaired) electrons. The Labute approximate surface area is 57.1 Å². The molecule has 0 atom stereocenters. The first-order chi connectivity index (χ1) is 5.61. The fraction of sp³-hybridized carbons (Fsp3) is 0.857. The van der Waals surface area contributed by atoms with E-state index in [1.165, 1.54) is 6.92 Å². The van der Waals surface area contributed by atoms with Gasteiger partial charge in [0.1, 0.15) is 5.78 Å². The van der Waals surface area contributed by atoms with Gasteiger partial charge in [-0.15, -0.1) is 0 Å². The number of Topliss-reactive ketones (excluding diaryl/α,β-unsaturated/α-hetero) is 1. The van der Waals surface area contributed by atoms with E-state index in [2.05, 4.69) is 0 Å². The summed E-state index contributed by atoms with van der Waals surface area (Å²) in [4.78, 5) is 11.0. The van der Waals surface area contributed by atoms with Crippen LogP contribution in [0.1, 0.15) is 39.4 Å². The fourth-order valence-electron chi connectivity index (χ4n) is 0.650. The first kappa shape index (κ1) is 2.13. The van der Waals surface area contributed by atoms with E-state index < -0.39 is 24.4 Å². The van der Waals surface area contributed by atoms with Crippen LogP contribution in [-0.2, 0) is 4.79 Å². The van der Waals surface area contributed by atoms with Crippen LogP contribution in [0.2, 0.25) is 0 Å². The van der Waals surface area contributed by atoms with Gasteiger partial charge in [-0.1, -0.05) is 12.7 Å². The molecule has 1 aliphatic rings. The van der Waals surface area contributed by atoms with Crippen LogP contribution in [-0.4, -0.2) is 5.78 Å². The van der Waals surface area contributed by atoms with Crippen LogP contribution in [0, 0.1) is 5.89 Å². The quantitative estimate of drug-likeness (QED) is 0.511. The number of hydrogen-bond donors (Lipinski definition) is 0. The molecule has 1 nitrogen and oxygen atoms in total. The highest BCUT2D eigenvalue weighted by Gasteiger charge is 2.18. The highest BCUT2D eigenvalue weighted by Crippen LogP contribution is 2.24. The van der Waals surface area contributed by atoms with Crippen LogP contribution < -0.4 is 0 Å². The zero-order valence-corrected chi connectivity index (χ0v) is 4.82. The molecule has 0 aliphatic heterocycles. The van der Waals surface area contributed by atoms with Crippen molar-refractivity contribution in [3.05, 3.63) is 0 Å². The average molecular weight is 117 g/mol. The highest BCUT2D eigenvalue weighted by molar-refractivity contribution is 5.78. The first-order valence-electron chi connectivity index (χ1n) is 5.12. The summed E-state index contributed by atoms with van der Waals surface area (Å²) >= 11 is 0. The minimum atomic E-state index is -2.07. The molecule has 0 bridgehead atoms. The van der Waals surface area contributed by atoms with Gasteiger partial charge >= 0.3 is 0 Å². The lowest BCUT2D eigenvalue weighted by Gasteiger charge is -1.99. The molecular weight excluding hydrogens is 100 g/mol. The van der Waals surface area contributed by atoms with Crippen molar-refractivity contribution in [1.29, 1.82) is 0 Å². The number of rotatable bonds is 1. The minimum Gasteiger partial charge on any atom is -0.300 e. The second-order valence-corrected chi connectivity index (χ2v) is 1.87. The molecule has 8 heavy (non-hydrogen) atoms. The summed E-state index contributed by atoms with van der Waals surface area (Å²) in [5.74, 6) is -2.04. The third kappa shape index (κ3) is 1.09. The van der Waals surface area contributed by atoms with E-state index in [4.69, 9.17) is 6.85 Å². The van der Waals surface area contributed by atoms with Crippen LogP contribution in [0.4, 0.5) is 0 Å². The monoisotopic (exact) mass is 117 g/mol. The summed E-state index contributed by atoms with van der Waals surface area (Å²) in [7, 11) is 0. The molecule has 0 N–H and O–H groups in total. The SMILES string of the molecule is [2H]C1(C(C)=O)CC([2H])([2H])C([2H])([2H])C1. The van der Waals surface area contributed by atoms with Crippen molar-refractivity contribution in [1.82, 2.24) is 0 Å². The van der Waals surface area contributed by atoms with Gasteiger partial charge in [0, 0.05) is 12.7 Å². The Morgan fingerprint density at radius 3 is 2.50 bits per heavy atom. The molecule has 0 aromatic heterocycles. The largest absolute Gasteiger partial charge is 0.300 e. The highest BCUT2D eigenvalue weighted by atomic mass is 16.1. The van der Waals surface area contributed by atoms with Crippen LogP contribution in [0.15, 0.2) is 0 Å². The van der Waals surface area contributed by atoms with Crippen LogP contribution in [0.5, 0.6) is 0 Å². The van der Waals surface area contributed by atoms with Gasteiger partial charge in [0.2, 0.25) is 0 Å². The second kappa shape index (κ2) is 2.29. The Hall–Kier alpha value is -0.330. The van der Waals surface area contributed by atoms with Crippen molar-refractivity contribution in [2.75, 3.05) is 0 Å². The molecule has 1 rings (SSSR count). The van der Waals surface area contributed by atoms with E-state index in [-0.39, 0.29) is 12.8 Å². The topological polar surface area (TPSA) is 17.1 Å². The summed E-state index contributed by atoms with van der Waals surface area (Å²) < 4.78 is 37.0. The molecule has 1 fully saturated rings. The molecule has 0 spiro atoms. The fourth-order valence-corrected chi connectivity index (χ4v) is 0.650. The zero-order valence-electron chi connectivity index (χ0n) is 9.82. The molecule has 0 amide bonds. The van der Waals surface area contributed by atoms with Crippen molar-refractivity contribution < 1.29 is 11.6 Å². The van der Waals surface area contributed by atoms with Crippen molar-refractivity contribution in [2.45, 2.75) is 32.5 Å². The summed E-state index contributed by atoms with van der Waals surface area (Å²) in [5, 5.41) is 0. The van der Waals surface area contributed by atoms with Crippen LogP contribution in [0.3, 0.4) is 0 Å². The lowest BCUT2D eigenvalue weighted by molar-refractivity contribution is -0.120. The van der Waals surface area contributed by atoms with E-state index in [0.717, 1.165) is 0 Å². The molecule has 0 unspecified atom stereocenters. The first-order valence-corrected chi connectivity index (χ1v) is 2.62. The van der Waals surface area contributed by atoms with E-state index in [1.807, 2.05) is 0 Å². The van der Waals surface area contributed by atoms with Crippen molar-refractivity contribution in [2.24, 2.45) is 5.89 Å². The normalized spacial score (nSPS) is 47.4. The molecule has 46 valence electrons. The van der Waals surface area contributed by atoms with E-state index >= 15 is 0 Å². The van der Waals surface area contributed by atoms with E-state index in [0.29, 0.717) is 0 Å². The summed E-state index contributed by atoms with van der Waals surface area (Å²) in [6.45, 7) is 1.21. The molecule has 0 aromatic carbocycles. The lowest BCUT2D eigenvalue weighted by atomic mass is 10.0. The van der Waals surface area contributed by atoms with Crippen LogP contribution in [0.25, 0.3) is 0 Å². The Balaban J connectivity index is 3.00. The molecule has 0 heterocycles. The number of hydrogen-bond acceptors (Lipinski definition) is 1. The predicted molar refractivity (Wildman–Crippen MR) is 32.6 cm³/mol. The van der Waals surface area contributed by atoms with E-state index in [1.54, 1.807) is 0 Å². The Kier molecular flexibility index (Phi) is 0.609. The Morgan fingerprint density at radius 1 is 1.75 bits per heavy atom. The maximum atomic E-state index is 11.0. The third-order valence-electron chi connectivity index (χ3n) is 1.23. The van der Waals surface area contributed by atoms with Crippen molar-refractivity contribution >= 4 is 5.78 Å². The molecule has 1 aliphatic carbocycles. The van der Waals surface area contributed by atoms with Gasteiger partial charge < -0.3 is 0 Å². The average Bonchev–Trinajstić information content (AvgIpc) is 1.97. The summed E-state index contributed by atoms with van der Waals surface area (Å²) in [6, 6.07) is 0. The van der Waals surface area contributed by atoms with Gasteiger partial charge in [-0.05, 0) is 19.8 Å². The maximum Gasteiger partial charge on any atom is 0.132 e. The van der Waals surface area contributed by atoms with Crippen molar-refractivity contribution in [3.63, 3.8) is 0 Å². The Bertz CT molecular complexity index is 231. The van der Waals surface area contributed by atoms with Gasteiger partial charge in [0.05, 0.1) is 0 Å². The molecule has 1 saturated carbocycles. The summed E-state index contributed by atoms with van der Waals surface area (Å²) in [5.41, 5.74) is 0. The molecule has 0 saturated heterocycles. The third-order valence-corrected chi connectivity index (χ3v) is 1.23. The van der Waals surface area contributed by atoms with Gasteiger partial charge in [-0.2, -0.15) is 0 Å². The van der Waals surface area contributed by atoms with Crippen molar-refractivity contribution in [3.8, 4) is 0 Å². The Morgan fingerprint density at radius 2 is 2.25 bits per heavy atom. The summed E-state index contributed by atoms with van der Waals surface area (Å²) in [6.07, 6.45) is -4.83. The van der Waals surface area contributed by atoms with Gasteiger partial charge in [0.25, 0.3) is 0 Å². The number of ketones is 1. The number of carbonyl (C=O) groups is 1. The van der Waals surface area contributed by atoms with E-state index in [9.17, 15) is 4.79 Å². The predicted octanol–water partition coefficient (Wildman–Crippen LogP) is 1.77. The maximum absolute atomic E-state index is 11.0.